The van der Waals surface area contributed by atoms with Crippen molar-refractivity contribution in [2.24, 2.45) is 5.10 Å². The minimum atomic E-state index is -0.0886. The molecule has 5 heteroatoms. The van der Waals surface area contributed by atoms with Crippen LogP contribution in [0.3, 0.4) is 0 Å². The number of rotatable bonds is 6. The fourth-order valence-corrected chi connectivity index (χ4v) is 3.73. The molecule has 0 saturated carbocycles. The van der Waals surface area contributed by atoms with Gasteiger partial charge in [-0.15, -0.1) is 0 Å². The third-order valence-corrected chi connectivity index (χ3v) is 5.43. The van der Waals surface area contributed by atoms with Gasteiger partial charge in [-0.3, -0.25) is 9.69 Å². The number of benzene rings is 2. The maximum Gasteiger partial charge on any atom is 0.280 e. The summed E-state index contributed by atoms with van der Waals surface area (Å²) < 4.78 is 2.26. The summed E-state index contributed by atoms with van der Waals surface area (Å²) in [6.45, 7) is 9.06. The van der Waals surface area contributed by atoms with Crippen LogP contribution in [0, 0.1) is 0 Å². The highest BCUT2D eigenvalue weighted by Gasteiger charge is 2.28. The molecule has 3 aromatic rings. The molecule has 0 atom stereocenters. The number of hydrazone groups is 1. The summed E-state index contributed by atoms with van der Waals surface area (Å²) in [5.41, 5.74) is 4.37. The molecular weight excluding hydrogens is 360 g/mol. The molecule has 1 aliphatic rings. The zero-order chi connectivity index (χ0) is 20.4. The van der Waals surface area contributed by atoms with E-state index in [1.54, 1.807) is 0 Å². The molecule has 1 amide bonds. The molecule has 0 fully saturated rings. The lowest BCUT2D eigenvalue weighted by molar-refractivity contribution is -0.114. The van der Waals surface area contributed by atoms with Gasteiger partial charge in [0.15, 0.2) is 0 Å². The fraction of sp³-hybridized carbons (Fsp3) is 0.250. The molecule has 0 unspecified atom stereocenters. The zero-order valence-electron chi connectivity index (χ0n) is 17.2. The van der Waals surface area contributed by atoms with E-state index in [1.807, 2.05) is 49.4 Å². The maximum atomic E-state index is 13.1. The Balaban J connectivity index is 1.73. The lowest BCUT2D eigenvalue weighted by atomic mass is 10.1. The van der Waals surface area contributed by atoms with Crippen LogP contribution in [0.2, 0.25) is 0 Å². The van der Waals surface area contributed by atoms with Gasteiger partial charge >= 0.3 is 0 Å². The standard InChI is InChI=1S/C24H26N4O/c1-4-26(5-2)17-27-16-19(21-13-9-10-14-23(21)27)15-22-18(3)25-28(24(22)29)20-11-7-6-8-12-20/h6-16H,4-5,17H2,1-3H3/b22-15+. The van der Waals surface area contributed by atoms with Gasteiger partial charge in [-0.1, -0.05) is 50.2 Å². The molecule has 1 aliphatic heterocycles. The SMILES string of the molecule is CCN(CC)Cn1cc(/C=C2/C(=O)N(c3ccccc3)N=C2C)c2ccccc21. The van der Waals surface area contributed by atoms with E-state index in [0.29, 0.717) is 5.57 Å². The largest absolute Gasteiger partial charge is 0.333 e. The smallest absolute Gasteiger partial charge is 0.280 e. The predicted octanol–water partition coefficient (Wildman–Crippen LogP) is 4.75. The molecule has 2 heterocycles. The average Bonchev–Trinajstić information content (AvgIpc) is 3.25. The molecule has 1 aromatic heterocycles. The Morgan fingerprint density at radius 2 is 1.69 bits per heavy atom. The van der Waals surface area contributed by atoms with Crippen molar-refractivity contribution in [2.45, 2.75) is 27.4 Å². The van der Waals surface area contributed by atoms with Crippen molar-refractivity contribution in [1.82, 2.24) is 9.47 Å². The number of nitrogens with zero attached hydrogens (tertiary/aromatic N) is 4. The minimum Gasteiger partial charge on any atom is -0.333 e. The van der Waals surface area contributed by atoms with Gasteiger partial charge in [-0.2, -0.15) is 10.1 Å². The molecule has 2 aromatic carbocycles. The Morgan fingerprint density at radius 3 is 2.41 bits per heavy atom. The Labute approximate surface area is 171 Å². The maximum absolute atomic E-state index is 13.1. The van der Waals surface area contributed by atoms with Crippen LogP contribution in [0.25, 0.3) is 17.0 Å². The summed E-state index contributed by atoms with van der Waals surface area (Å²) in [4.78, 5) is 15.4. The van der Waals surface area contributed by atoms with E-state index in [0.717, 1.165) is 42.1 Å². The number of fused-ring (bicyclic) bond motifs is 1. The summed E-state index contributed by atoms with van der Waals surface area (Å²) in [5.74, 6) is -0.0886. The molecule has 0 bridgehead atoms. The second-order valence-corrected chi connectivity index (χ2v) is 7.21. The van der Waals surface area contributed by atoms with Crippen LogP contribution < -0.4 is 5.01 Å². The molecule has 4 rings (SSSR count). The second kappa shape index (κ2) is 8.05. The van der Waals surface area contributed by atoms with Gasteiger partial charge in [0.1, 0.15) is 0 Å². The van der Waals surface area contributed by atoms with E-state index in [4.69, 9.17) is 0 Å². The van der Waals surface area contributed by atoms with E-state index in [1.165, 1.54) is 10.5 Å². The van der Waals surface area contributed by atoms with E-state index in [9.17, 15) is 4.79 Å². The minimum absolute atomic E-state index is 0.0886. The van der Waals surface area contributed by atoms with Crippen LogP contribution in [-0.4, -0.2) is 34.2 Å². The van der Waals surface area contributed by atoms with E-state index in [-0.39, 0.29) is 5.91 Å². The van der Waals surface area contributed by atoms with Gasteiger partial charge in [0, 0.05) is 22.7 Å². The summed E-state index contributed by atoms with van der Waals surface area (Å²) in [5, 5.41) is 7.12. The number of carbonyl (C=O) groups excluding carboxylic acids is 1. The van der Waals surface area contributed by atoms with Gasteiger partial charge in [-0.05, 0) is 44.3 Å². The molecule has 0 spiro atoms. The van der Waals surface area contributed by atoms with Gasteiger partial charge in [0.05, 0.1) is 23.6 Å². The van der Waals surface area contributed by atoms with Crippen LogP contribution in [0.1, 0.15) is 26.3 Å². The first kappa shape index (κ1) is 19.2. The van der Waals surface area contributed by atoms with Gasteiger partial charge < -0.3 is 4.57 Å². The number of aromatic nitrogens is 1. The van der Waals surface area contributed by atoms with E-state index in [2.05, 4.69) is 52.8 Å². The Hall–Kier alpha value is -3.18. The highest BCUT2D eigenvalue weighted by Crippen LogP contribution is 2.28. The third-order valence-electron chi connectivity index (χ3n) is 5.43. The second-order valence-electron chi connectivity index (χ2n) is 7.21. The Kier molecular flexibility index (Phi) is 5.32. The average molecular weight is 386 g/mol. The van der Waals surface area contributed by atoms with Crippen LogP contribution in [0.4, 0.5) is 5.69 Å². The van der Waals surface area contributed by atoms with Crippen molar-refractivity contribution in [3.63, 3.8) is 0 Å². The molecule has 29 heavy (non-hydrogen) atoms. The molecule has 5 nitrogen and oxygen atoms in total. The van der Waals surface area contributed by atoms with Crippen molar-refractivity contribution < 1.29 is 4.79 Å². The fourth-order valence-electron chi connectivity index (χ4n) is 3.73. The molecule has 0 saturated heterocycles. The highest BCUT2D eigenvalue weighted by atomic mass is 16.2. The highest BCUT2D eigenvalue weighted by molar-refractivity contribution is 6.32. The van der Waals surface area contributed by atoms with E-state index < -0.39 is 0 Å². The zero-order valence-corrected chi connectivity index (χ0v) is 17.2. The van der Waals surface area contributed by atoms with E-state index >= 15 is 0 Å². The van der Waals surface area contributed by atoms with Crippen molar-refractivity contribution in [2.75, 3.05) is 18.1 Å². The molecule has 0 aliphatic carbocycles. The summed E-state index contributed by atoms with van der Waals surface area (Å²) >= 11 is 0. The van der Waals surface area contributed by atoms with Crippen molar-refractivity contribution in [3.8, 4) is 0 Å². The lowest BCUT2D eigenvalue weighted by Gasteiger charge is -2.19. The van der Waals surface area contributed by atoms with Crippen LogP contribution in [0.5, 0.6) is 0 Å². The number of amides is 1. The van der Waals surface area contributed by atoms with Gasteiger partial charge in [0.2, 0.25) is 0 Å². The Bertz CT molecular complexity index is 1090. The number of carbonyl (C=O) groups is 1. The number of para-hydroxylation sites is 2. The van der Waals surface area contributed by atoms with Gasteiger partial charge in [0.25, 0.3) is 5.91 Å². The normalized spacial score (nSPS) is 15.7. The Morgan fingerprint density at radius 1 is 1.00 bits per heavy atom. The summed E-state index contributed by atoms with van der Waals surface area (Å²) in [6, 6.07) is 17.9. The molecule has 148 valence electrons. The summed E-state index contributed by atoms with van der Waals surface area (Å²) in [7, 11) is 0. The monoisotopic (exact) mass is 386 g/mol. The summed E-state index contributed by atoms with van der Waals surface area (Å²) in [6.07, 6.45) is 4.12. The molecular formula is C24H26N4O. The number of hydrogen-bond donors (Lipinski definition) is 0. The predicted molar refractivity (Wildman–Crippen MR) is 120 cm³/mol. The number of hydrogen-bond acceptors (Lipinski definition) is 3. The molecule has 0 N–H and O–H groups in total. The lowest BCUT2D eigenvalue weighted by Crippen LogP contribution is -2.25. The van der Waals surface area contributed by atoms with Gasteiger partial charge in [-0.25, -0.2) is 0 Å². The first-order valence-corrected chi connectivity index (χ1v) is 10.1. The van der Waals surface area contributed by atoms with Crippen LogP contribution in [-0.2, 0) is 11.5 Å². The van der Waals surface area contributed by atoms with Crippen molar-refractivity contribution >= 4 is 34.3 Å². The molecule has 0 radical (unpaired) electrons. The van der Waals surface area contributed by atoms with Crippen molar-refractivity contribution in [1.29, 1.82) is 0 Å². The van der Waals surface area contributed by atoms with Crippen molar-refractivity contribution in [3.05, 3.63) is 71.9 Å². The third kappa shape index (κ3) is 3.61. The first-order chi connectivity index (χ1) is 14.1. The van der Waals surface area contributed by atoms with Crippen LogP contribution >= 0.6 is 0 Å². The topological polar surface area (TPSA) is 40.8 Å². The quantitative estimate of drug-likeness (QED) is 0.574. The van der Waals surface area contributed by atoms with Crippen LogP contribution in [0.15, 0.2) is 71.5 Å². The first-order valence-electron chi connectivity index (χ1n) is 10.1. The number of anilines is 1.